The molecular weight excluding hydrogens is 484 g/mol. The minimum Gasteiger partial charge on any atom is -0.493 e. The third-order valence-corrected chi connectivity index (χ3v) is 6.61. The van der Waals surface area contributed by atoms with Crippen molar-refractivity contribution < 1.29 is 23.0 Å². The van der Waals surface area contributed by atoms with Crippen molar-refractivity contribution in [3.8, 4) is 17.2 Å². The Labute approximate surface area is 215 Å². The van der Waals surface area contributed by atoms with Crippen LogP contribution in [0.3, 0.4) is 0 Å². The Morgan fingerprint density at radius 3 is 1.67 bits per heavy atom. The van der Waals surface area contributed by atoms with Crippen LogP contribution in [0.2, 0.25) is 0 Å². The highest BCUT2D eigenvalue weighted by atomic mass is 32.1. The molecule has 0 aliphatic carbocycles. The van der Waals surface area contributed by atoms with Gasteiger partial charge >= 0.3 is 0 Å². The van der Waals surface area contributed by atoms with Crippen LogP contribution in [-0.2, 0) is 0 Å². The fourth-order valence-corrected chi connectivity index (χ4v) is 4.74. The maximum Gasteiger partial charge on any atom is 0.203 e. The first-order chi connectivity index (χ1) is 17.4. The summed E-state index contributed by atoms with van der Waals surface area (Å²) in [7, 11) is 4.69. The number of hydrogen-bond donors (Lipinski definition) is 1. The molecule has 1 heterocycles. The second-order valence-corrected chi connectivity index (χ2v) is 8.76. The first-order valence-electron chi connectivity index (χ1n) is 11.5. The minimum atomic E-state index is -0.287. The van der Waals surface area contributed by atoms with E-state index in [1.54, 1.807) is 45.6 Å². The Kier molecular flexibility index (Phi) is 8.22. The first kappa shape index (κ1) is 25.7. The summed E-state index contributed by atoms with van der Waals surface area (Å²) in [6.07, 6.45) is 0. The number of benzene rings is 3. The zero-order valence-electron chi connectivity index (χ0n) is 20.5. The molecule has 1 aliphatic rings. The SMILES string of the molecule is COc1cc(NC(=S)N2CCN(C(c3ccc(F)cc3)c3ccc(F)cc3)CC2)cc(OC)c1OC. The number of halogens is 2. The number of anilines is 1. The van der Waals surface area contributed by atoms with E-state index < -0.39 is 0 Å². The van der Waals surface area contributed by atoms with Crippen LogP contribution in [0.15, 0.2) is 60.7 Å². The number of methoxy groups -OCH3 is 3. The van der Waals surface area contributed by atoms with Crippen LogP contribution in [0.25, 0.3) is 0 Å². The molecule has 1 aliphatic heterocycles. The number of piperazine rings is 1. The van der Waals surface area contributed by atoms with Crippen molar-refractivity contribution in [2.24, 2.45) is 0 Å². The van der Waals surface area contributed by atoms with E-state index in [4.69, 9.17) is 26.4 Å². The van der Waals surface area contributed by atoms with E-state index >= 15 is 0 Å². The van der Waals surface area contributed by atoms with Crippen molar-refractivity contribution in [1.29, 1.82) is 0 Å². The Balaban J connectivity index is 1.47. The molecule has 1 N–H and O–H groups in total. The Bertz CT molecular complexity index is 1110. The second kappa shape index (κ2) is 11.5. The van der Waals surface area contributed by atoms with Gasteiger partial charge in [0, 0.05) is 44.0 Å². The fraction of sp³-hybridized carbons (Fsp3) is 0.296. The highest BCUT2D eigenvalue weighted by Gasteiger charge is 2.27. The van der Waals surface area contributed by atoms with E-state index in [9.17, 15) is 8.78 Å². The van der Waals surface area contributed by atoms with E-state index in [-0.39, 0.29) is 17.7 Å². The molecule has 0 bridgehead atoms. The monoisotopic (exact) mass is 513 g/mol. The van der Waals surface area contributed by atoms with Gasteiger partial charge in [0.15, 0.2) is 16.6 Å². The number of ether oxygens (including phenoxy) is 3. The van der Waals surface area contributed by atoms with Gasteiger partial charge < -0.3 is 24.4 Å². The summed E-state index contributed by atoms with van der Waals surface area (Å²) in [5.74, 6) is 1.01. The number of hydrogen-bond acceptors (Lipinski definition) is 5. The van der Waals surface area contributed by atoms with Gasteiger partial charge in [-0.2, -0.15) is 0 Å². The van der Waals surface area contributed by atoms with Gasteiger partial charge in [-0.15, -0.1) is 0 Å². The van der Waals surface area contributed by atoms with Gasteiger partial charge in [0.25, 0.3) is 0 Å². The lowest BCUT2D eigenvalue weighted by Gasteiger charge is -2.40. The predicted molar refractivity (Wildman–Crippen MR) is 140 cm³/mol. The minimum absolute atomic E-state index is 0.120. The molecule has 0 unspecified atom stereocenters. The van der Waals surface area contributed by atoms with E-state index in [0.29, 0.717) is 35.5 Å². The second-order valence-electron chi connectivity index (χ2n) is 8.37. The maximum absolute atomic E-state index is 13.6. The van der Waals surface area contributed by atoms with Gasteiger partial charge in [0.1, 0.15) is 11.6 Å². The molecule has 190 valence electrons. The van der Waals surface area contributed by atoms with Crippen molar-refractivity contribution >= 4 is 23.0 Å². The van der Waals surface area contributed by atoms with Crippen LogP contribution >= 0.6 is 12.2 Å². The average molecular weight is 514 g/mol. The van der Waals surface area contributed by atoms with Crippen LogP contribution in [0.5, 0.6) is 17.2 Å². The molecule has 0 spiro atoms. The van der Waals surface area contributed by atoms with Gasteiger partial charge in [0.05, 0.1) is 27.4 Å². The third kappa shape index (κ3) is 5.68. The van der Waals surface area contributed by atoms with Crippen molar-refractivity contribution in [2.45, 2.75) is 6.04 Å². The molecule has 1 saturated heterocycles. The van der Waals surface area contributed by atoms with Gasteiger partial charge in [-0.3, -0.25) is 4.90 Å². The summed E-state index contributed by atoms with van der Waals surface area (Å²) in [4.78, 5) is 4.40. The van der Waals surface area contributed by atoms with Crippen molar-refractivity contribution in [1.82, 2.24) is 9.80 Å². The molecule has 3 aromatic carbocycles. The Morgan fingerprint density at radius 2 is 1.25 bits per heavy atom. The molecule has 36 heavy (non-hydrogen) atoms. The molecular formula is C27H29F2N3O3S. The third-order valence-electron chi connectivity index (χ3n) is 6.25. The fourth-order valence-electron chi connectivity index (χ4n) is 4.44. The molecule has 9 heteroatoms. The van der Waals surface area contributed by atoms with Crippen molar-refractivity contribution in [3.63, 3.8) is 0 Å². The number of nitrogens with zero attached hydrogens (tertiary/aromatic N) is 2. The predicted octanol–water partition coefficient (Wildman–Crippen LogP) is 5.09. The molecule has 0 aromatic heterocycles. The molecule has 0 atom stereocenters. The lowest BCUT2D eigenvalue weighted by atomic mass is 9.96. The normalized spacial score (nSPS) is 14.0. The van der Waals surface area contributed by atoms with E-state index in [2.05, 4.69) is 15.1 Å². The van der Waals surface area contributed by atoms with Crippen molar-refractivity contribution in [3.05, 3.63) is 83.4 Å². The van der Waals surface area contributed by atoms with Crippen molar-refractivity contribution in [2.75, 3.05) is 52.8 Å². The highest BCUT2D eigenvalue weighted by molar-refractivity contribution is 7.80. The van der Waals surface area contributed by atoms with Crippen LogP contribution < -0.4 is 19.5 Å². The molecule has 0 saturated carbocycles. The molecule has 4 rings (SSSR count). The van der Waals surface area contributed by atoms with Crippen LogP contribution in [0.1, 0.15) is 17.2 Å². The molecule has 3 aromatic rings. The van der Waals surface area contributed by atoms with Crippen LogP contribution in [0.4, 0.5) is 14.5 Å². The Hall–Kier alpha value is -3.43. The highest BCUT2D eigenvalue weighted by Crippen LogP contribution is 2.40. The van der Waals surface area contributed by atoms with Crippen LogP contribution in [0, 0.1) is 11.6 Å². The van der Waals surface area contributed by atoms with E-state index in [1.807, 2.05) is 12.1 Å². The van der Waals surface area contributed by atoms with Gasteiger partial charge in [-0.25, -0.2) is 8.78 Å². The quantitative estimate of drug-likeness (QED) is 0.442. The van der Waals surface area contributed by atoms with Gasteiger partial charge in [0.2, 0.25) is 5.75 Å². The summed E-state index contributed by atoms with van der Waals surface area (Å²) in [5.41, 5.74) is 2.64. The average Bonchev–Trinajstić information content (AvgIpc) is 2.90. The molecule has 0 amide bonds. The van der Waals surface area contributed by atoms with E-state index in [1.165, 1.54) is 24.3 Å². The molecule has 6 nitrogen and oxygen atoms in total. The maximum atomic E-state index is 13.6. The Morgan fingerprint density at radius 1 is 0.778 bits per heavy atom. The smallest absolute Gasteiger partial charge is 0.203 e. The van der Waals surface area contributed by atoms with Gasteiger partial charge in [-0.05, 0) is 47.6 Å². The standard InChI is InChI=1S/C27H29F2N3O3S/c1-33-23-16-22(17-24(34-2)26(23)35-3)30-27(36)32-14-12-31(13-15-32)25(18-4-8-20(28)9-5-18)19-6-10-21(29)11-7-19/h4-11,16-17,25H,12-15H2,1-3H3,(H,30,36). The summed E-state index contributed by atoms with van der Waals surface area (Å²) in [5, 5.41) is 3.86. The number of nitrogens with one attached hydrogen (secondary N) is 1. The summed E-state index contributed by atoms with van der Waals surface area (Å²) < 4.78 is 43.4. The summed E-state index contributed by atoms with van der Waals surface area (Å²) in [6.45, 7) is 2.82. The number of thiocarbonyl (C=S) groups is 1. The topological polar surface area (TPSA) is 46.2 Å². The first-order valence-corrected chi connectivity index (χ1v) is 11.9. The zero-order chi connectivity index (χ0) is 25.7. The zero-order valence-corrected chi connectivity index (χ0v) is 21.3. The van der Waals surface area contributed by atoms with Gasteiger partial charge in [-0.1, -0.05) is 24.3 Å². The molecule has 0 radical (unpaired) electrons. The summed E-state index contributed by atoms with van der Waals surface area (Å²) in [6, 6.07) is 16.5. The molecule has 1 fully saturated rings. The number of rotatable bonds is 7. The van der Waals surface area contributed by atoms with Crippen LogP contribution in [-0.4, -0.2) is 62.4 Å². The van der Waals surface area contributed by atoms with E-state index in [0.717, 1.165) is 29.9 Å². The lowest BCUT2D eigenvalue weighted by Crippen LogP contribution is -2.51. The largest absolute Gasteiger partial charge is 0.493 e. The lowest BCUT2D eigenvalue weighted by molar-refractivity contribution is 0.151. The summed E-state index contributed by atoms with van der Waals surface area (Å²) >= 11 is 5.70.